The number of unbranched alkanes of at least 4 members (excludes halogenated alkanes) is 5. The average molecular weight is 314 g/mol. The molecule has 22 heavy (non-hydrogen) atoms. The Balaban J connectivity index is 3.56. The summed E-state index contributed by atoms with van der Waals surface area (Å²) >= 11 is 0. The predicted octanol–water partition coefficient (Wildman–Crippen LogP) is 0.605. The average Bonchev–Trinajstić information content (AvgIpc) is 2.47. The SMILES string of the molecule is CC(=O)N(N)C(=O)CCCCCCCCC(=O)N(N)C(C)=O. The molecule has 0 atom stereocenters. The molecule has 0 aromatic heterocycles. The van der Waals surface area contributed by atoms with Crippen LogP contribution in [0.4, 0.5) is 0 Å². The first kappa shape index (κ1) is 20.2. The summed E-state index contributed by atoms with van der Waals surface area (Å²) in [6, 6.07) is 0. The fourth-order valence-electron chi connectivity index (χ4n) is 1.85. The molecule has 8 nitrogen and oxygen atoms in total. The first-order valence-corrected chi connectivity index (χ1v) is 7.43. The van der Waals surface area contributed by atoms with E-state index in [2.05, 4.69) is 0 Å². The zero-order valence-electron chi connectivity index (χ0n) is 13.3. The predicted molar refractivity (Wildman–Crippen MR) is 80.4 cm³/mol. The van der Waals surface area contributed by atoms with Gasteiger partial charge in [0.15, 0.2) is 0 Å². The Morgan fingerprint density at radius 1 is 0.636 bits per heavy atom. The maximum atomic E-state index is 11.4. The molecule has 0 radical (unpaired) electrons. The van der Waals surface area contributed by atoms with Crippen LogP contribution in [0.15, 0.2) is 0 Å². The molecule has 126 valence electrons. The number of carbonyl (C=O) groups is 4. The number of hydrazine groups is 2. The molecule has 0 rings (SSSR count). The van der Waals surface area contributed by atoms with Gasteiger partial charge in [-0.2, -0.15) is 0 Å². The molecule has 0 saturated carbocycles. The van der Waals surface area contributed by atoms with Gasteiger partial charge < -0.3 is 0 Å². The number of hydrogen-bond donors (Lipinski definition) is 2. The van der Waals surface area contributed by atoms with Crippen molar-refractivity contribution in [1.29, 1.82) is 0 Å². The molecule has 0 aliphatic heterocycles. The number of nitrogens with two attached hydrogens (primary N) is 2. The van der Waals surface area contributed by atoms with E-state index in [-0.39, 0.29) is 24.7 Å². The number of carbonyl (C=O) groups excluding carboxylic acids is 4. The van der Waals surface area contributed by atoms with Crippen molar-refractivity contribution >= 4 is 23.6 Å². The summed E-state index contributed by atoms with van der Waals surface area (Å²) in [5.41, 5.74) is 0. The van der Waals surface area contributed by atoms with Crippen LogP contribution in [-0.4, -0.2) is 33.6 Å². The molecule has 0 aromatic rings. The fraction of sp³-hybridized carbons (Fsp3) is 0.714. The first-order chi connectivity index (χ1) is 10.3. The van der Waals surface area contributed by atoms with Crippen molar-refractivity contribution in [2.75, 3.05) is 0 Å². The molecule has 0 aromatic carbocycles. The highest BCUT2D eigenvalue weighted by atomic mass is 16.2. The van der Waals surface area contributed by atoms with Gasteiger partial charge in [-0.3, -0.25) is 19.2 Å². The Bertz CT molecular complexity index is 374. The molecule has 0 spiro atoms. The van der Waals surface area contributed by atoms with E-state index in [1.165, 1.54) is 13.8 Å². The number of nitrogens with zero attached hydrogens (tertiary/aromatic N) is 2. The molecule has 4 N–H and O–H groups in total. The largest absolute Gasteiger partial charge is 0.273 e. The van der Waals surface area contributed by atoms with E-state index >= 15 is 0 Å². The van der Waals surface area contributed by atoms with Gasteiger partial charge in [0.05, 0.1) is 0 Å². The summed E-state index contributed by atoms with van der Waals surface area (Å²) in [5, 5.41) is 1.28. The van der Waals surface area contributed by atoms with Crippen LogP contribution in [-0.2, 0) is 19.2 Å². The zero-order valence-corrected chi connectivity index (χ0v) is 13.3. The summed E-state index contributed by atoms with van der Waals surface area (Å²) in [6.07, 6.45) is 5.48. The number of amides is 4. The lowest BCUT2D eigenvalue weighted by atomic mass is 10.1. The van der Waals surface area contributed by atoms with Crippen LogP contribution in [0, 0.1) is 0 Å². The van der Waals surface area contributed by atoms with Crippen molar-refractivity contribution in [2.45, 2.75) is 65.2 Å². The Hall–Kier alpha value is -1.80. The summed E-state index contributed by atoms with van der Waals surface area (Å²) in [5.74, 6) is 8.89. The lowest BCUT2D eigenvalue weighted by Crippen LogP contribution is -2.40. The molecule has 0 unspecified atom stereocenters. The Labute approximate surface area is 130 Å². The third-order valence-electron chi connectivity index (χ3n) is 3.25. The van der Waals surface area contributed by atoms with Crippen LogP contribution in [0.1, 0.15) is 65.2 Å². The summed E-state index contributed by atoms with van der Waals surface area (Å²) in [4.78, 5) is 44.5. The fourth-order valence-corrected chi connectivity index (χ4v) is 1.85. The van der Waals surface area contributed by atoms with Gasteiger partial charge in [0.25, 0.3) is 0 Å². The third-order valence-corrected chi connectivity index (χ3v) is 3.25. The molecule has 0 bridgehead atoms. The van der Waals surface area contributed by atoms with E-state index in [0.717, 1.165) is 25.7 Å². The van der Waals surface area contributed by atoms with Gasteiger partial charge in [-0.1, -0.05) is 25.7 Å². The van der Waals surface area contributed by atoms with Crippen LogP contribution >= 0.6 is 0 Å². The van der Waals surface area contributed by atoms with Gasteiger partial charge in [-0.05, 0) is 12.8 Å². The van der Waals surface area contributed by atoms with Crippen LogP contribution < -0.4 is 11.7 Å². The Morgan fingerprint density at radius 3 is 1.18 bits per heavy atom. The summed E-state index contributed by atoms with van der Waals surface area (Å²) < 4.78 is 0. The van der Waals surface area contributed by atoms with Crippen molar-refractivity contribution in [1.82, 2.24) is 10.0 Å². The summed E-state index contributed by atoms with van der Waals surface area (Å²) in [6.45, 7) is 2.49. The third kappa shape index (κ3) is 8.48. The molecular formula is C14H26N4O4. The number of hydrogen-bond acceptors (Lipinski definition) is 6. The van der Waals surface area contributed by atoms with Gasteiger partial charge in [0.1, 0.15) is 0 Å². The van der Waals surface area contributed by atoms with Gasteiger partial charge in [0, 0.05) is 26.7 Å². The molecular weight excluding hydrogens is 288 g/mol. The van der Waals surface area contributed by atoms with E-state index in [4.69, 9.17) is 11.7 Å². The van der Waals surface area contributed by atoms with Gasteiger partial charge in [0.2, 0.25) is 23.6 Å². The van der Waals surface area contributed by atoms with Crippen molar-refractivity contribution in [2.24, 2.45) is 11.7 Å². The topological polar surface area (TPSA) is 127 Å². The van der Waals surface area contributed by atoms with Crippen molar-refractivity contribution < 1.29 is 19.2 Å². The van der Waals surface area contributed by atoms with Crippen molar-refractivity contribution in [3.8, 4) is 0 Å². The van der Waals surface area contributed by atoms with Crippen LogP contribution in [0.25, 0.3) is 0 Å². The standard InChI is InChI=1S/C14H26N4O4/c1-11(19)17(15)13(21)9-7-5-3-4-6-8-10-14(22)18(16)12(2)20/h3-10,15-16H2,1-2H3. The smallest absolute Gasteiger partial charge is 0.243 e. The van der Waals surface area contributed by atoms with E-state index in [0.29, 0.717) is 22.9 Å². The van der Waals surface area contributed by atoms with Crippen molar-refractivity contribution in [3.63, 3.8) is 0 Å². The van der Waals surface area contributed by atoms with Gasteiger partial charge in [-0.15, -0.1) is 0 Å². The minimum Gasteiger partial charge on any atom is -0.273 e. The van der Waals surface area contributed by atoms with E-state index < -0.39 is 11.8 Å². The molecule has 0 heterocycles. The Kier molecular flexibility index (Phi) is 9.97. The number of imide groups is 2. The van der Waals surface area contributed by atoms with Crippen LogP contribution in [0.2, 0.25) is 0 Å². The molecule has 4 amide bonds. The lowest BCUT2D eigenvalue weighted by Gasteiger charge is -2.12. The lowest BCUT2D eigenvalue weighted by molar-refractivity contribution is -0.145. The second-order valence-corrected chi connectivity index (χ2v) is 5.19. The van der Waals surface area contributed by atoms with E-state index in [1.807, 2.05) is 0 Å². The minimum absolute atomic E-state index is 0.259. The monoisotopic (exact) mass is 314 g/mol. The second kappa shape index (κ2) is 10.9. The second-order valence-electron chi connectivity index (χ2n) is 5.19. The maximum Gasteiger partial charge on any atom is 0.243 e. The molecule has 0 aliphatic rings. The van der Waals surface area contributed by atoms with E-state index in [1.54, 1.807) is 0 Å². The zero-order chi connectivity index (χ0) is 17.1. The Morgan fingerprint density at radius 2 is 0.909 bits per heavy atom. The molecule has 0 fully saturated rings. The highest BCUT2D eigenvalue weighted by Crippen LogP contribution is 2.09. The first-order valence-electron chi connectivity index (χ1n) is 7.43. The van der Waals surface area contributed by atoms with Crippen LogP contribution in [0.5, 0.6) is 0 Å². The summed E-state index contributed by atoms with van der Waals surface area (Å²) in [7, 11) is 0. The molecule has 0 aliphatic carbocycles. The van der Waals surface area contributed by atoms with Crippen molar-refractivity contribution in [3.05, 3.63) is 0 Å². The van der Waals surface area contributed by atoms with Crippen LogP contribution in [0.3, 0.4) is 0 Å². The quantitative estimate of drug-likeness (QED) is 0.278. The number of rotatable bonds is 9. The van der Waals surface area contributed by atoms with E-state index in [9.17, 15) is 19.2 Å². The van der Waals surface area contributed by atoms with Gasteiger partial charge >= 0.3 is 0 Å². The molecule has 0 saturated heterocycles. The molecule has 8 heteroatoms. The van der Waals surface area contributed by atoms with Gasteiger partial charge in [-0.25, -0.2) is 21.7 Å². The highest BCUT2D eigenvalue weighted by molar-refractivity contribution is 5.93. The maximum absolute atomic E-state index is 11.4. The highest BCUT2D eigenvalue weighted by Gasteiger charge is 2.13. The minimum atomic E-state index is -0.464. The normalized spacial score (nSPS) is 10.2.